The van der Waals surface area contributed by atoms with Crippen molar-refractivity contribution in [1.29, 1.82) is 0 Å². The summed E-state index contributed by atoms with van der Waals surface area (Å²) >= 11 is 3.51. The molecule has 0 aromatic heterocycles. The van der Waals surface area contributed by atoms with Gasteiger partial charge in [-0.15, -0.1) is 0 Å². The van der Waals surface area contributed by atoms with Crippen LogP contribution < -0.4 is 0 Å². The van der Waals surface area contributed by atoms with Gasteiger partial charge in [-0.3, -0.25) is 9.59 Å². The fraction of sp³-hybridized carbons (Fsp3) is 0.467. The third-order valence-electron chi connectivity index (χ3n) is 3.64. The van der Waals surface area contributed by atoms with Crippen molar-refractivity contribution >= 4 is 27.7 Å². The molecule has 5 heteroatoms. The number of carbonyl (C=O) groups excluding carboxylic acids is 2. The average Bonchev–Trinajstić information content (AvgIpc) is 2.48. The Morgan fingerprint density at radius 2 is 1.70 bits per heavy atom. The second-order valence-electron chi connectivity index (χ2n) is 4.94. The predicted molar refractivity (Wildman–Crippen MR) is 81.8 cm³/mol. The van der Waals surface area contributed by atoms with Gasteiger partial charge in [0.15, 0.2) is 0 Å². The lowest BCUT2D eigenvalue weighted by atomic mass is 10.0. The van der Waals surface area contributed by atoms with Crippen molar-refractivity contribution < 1.29 is 9.59 Å². The zero-order valence-electron chi connectivity index (χ0n) is 11.6. The Balaban J connectivity index is 2.05. The number of likely N-dealkylation sites (N-methyl/N-ethyl adjacent to an activating group) is 1. The predicted octanol–water partition coefficient (Wildman–Crippen LogP) is 1.86. The van der Waals surface area contributed by atoms with Crippen LogP contribution in [0.5, 0.6) is 0 Å². The summed E-state index contributed by atoms with van der Waals surface area (Å²) < 4.78 is 0. The molecule has 4 nitrogen and oxygen atoms in total. The molecular formula is C15H19BrN2O2. The minimum absolute atomic E-state index is 0.0355. The number of amides is 2. The van der Waals surface area contributed by atoms with E-state index in [2.05, 4.69) is 28.1 Å². The number of hydrogen-bond acceptors (Lipinski definition) is 2. The molecule has 0 bridgehead atoms. The summed E-state index contributed by atoms with van der Waals surface area (Å²) in [6.07, 6.45) is 0. The smallest absolute Gasteiger partial charge is 0.242 e. The van der Waals surface area contributed by atoms with Gasteiger partial charge in [-0.1, -0.05) is 46.3 Å². The van der Waals surface area contributed by atoms with E-state index in [4.69, 9.17) is 0 Å². The van der Waals surface area contributed by atoms with Gasteiger partial charge in [-0.25, -0.2) is 0 Å². The molecule has 1 heterocycles. The summed E-state index contributed by atoms with van der Waals surface area (Å²) in [6, 6.07) is 10.1. The minimum Gasteiger partial charge on any atom is -0.332 e. The van der Waals surface area contributed by atoms with Crippen LogP contribution in [-0.4, -0.2) is 53.1 Å². The molecule has 1 atom stereocenters. The monoisotopic (exact) mass is 338 g/mol. The Bertz CT molecular complexity index is 478. The Hall–Kier alpha value is -1.36. The number of alkyl halides is 1. The molecule has 2 rings (SSSR count). The third-order valence-corrected chi connectivity index (χ3v) is 4.42. The van der Waals surface area contributed by atoms with E-state index in [0.29, 0.717) is 13.1 Å². The van der Waals surface area contributed by atoms with Gasteiger partial charge < -0.3 is 9.80 Å². The highest BCUT2D eigenvalue weighted by Gasteiger charge is 2.30. The van der Waals surface area contributed by atoms with Crippen molar-refractivity contribution in [2.24, 2.45) is 0 Å². The minimum atomic E-state index is 0.0355. The van der Waals surface area contributed by atoms with E-state index in [1.807, 2.05) is 25.1 Å². The van der Waals surface area contributed by atoms with Crippen molar-refractivity contribution in [2.75, 3.05) is 31.5 Å². The van der Waals surface area contributed by atoms with E-state index in [9.17, 15) is 9.59 Å². The molecule has 0 spiro atoms. The molecule has 1 aliphatic rings. The maximum atomic E-state index is 12.1. The molecule has 1 aromatic carbocycles. The standard InChI is InChI=1S/C15H19BrN2O2/c1-2-17-10-15(20)18(11-14(17)19)9-13(8-16)12-6-4-3-5-7-12/h3-7,13H,2,8-11H2,1H3. The van der Waals surface area contributed by atoms with Gasteiger partial charge in [-0.2, -0.15) is 0 Å². The molecule has 20 heavy (non-hydrogen) atoms. The largest absolute Gasteiger partial charge is 0.332 e. The molecule has 0 radical (unpaired) electrons. The van der Waals surface area contributed by atoms with Gasteiger partial charge in [0.25, 0.3) is 0 Å². The van der Waals surface area contributed by atoms with E-state index in [0.717, 1.165) is 5.33 Å². The second kappa shape index (κ2) is 6.88. The Morgan fingerprint density at radius 1 is 1.10 bits per heavy atom. The van der Waals surface area contributed by atoms with E-state index in [1.54, 1.807) is 9.80 Å². The van der Waals surface area contributed by atoms with Crippen LogP contribution in [0.1, 0.15) is 18.4 Å². The number of nitrogens with zero attached hydrogens (tertiary/aromatic N) is 2. The van der Waals surface area contributed by atoms with Crippen LogP contribution in [0.15, 0.2) is 30.3 Å². The first-order chi connectivity index (χ1) is 9.65. The summed E-state index contributed by atoms with van der Waals surface area (Å²) in [5.41, 5.74) is 1.18. The number of benzene rings is 1. The average molecular weight is 339 g/mol. The van der Waals surface area contributed by atoms with Gasteiger partial charge in [0, 0.05) is 24.3 Å². The fourth-order valence-electron chi connectivity index (χ4n) is 2.39. The van der Waals surface area contributed by atoms with Crippen LogP contribution in [0.4, 0.5) is 0 Å². The highest BCUT2D eigenvalue weighted by Crippen LogP contribution is 2.20. The van der Waals surface area contributed by atoms with Crippen LogP contribution >= 0.6 is 15.9 Å². The third kappa shape index (κ3) is 3.39. The summed E-state index contributed by atoms with van der Waals surface area (Å²) in [4.78, 5) is 27.3. The molecule has 0 aliphatic carbocycles. The highest BCUT2D eigenvalue weighted by molar-refractivity contribution is 9.09. The van der Waals surface area contributed by atoms with Crippen LogP contribution in [0, 0.1) is 0 Å². The summed E-state index contributed by atoms with van der Waals surface area (Å²) in [7, 11) is 0. The van der Waals surface area contributed by atoms with Gasteiger partial charge in [0.05, 0.1) is 13.1 Å². The number of halogens is 1. The number of carbonyl (C=O) groups is 2. The molecule has 1 saturated heterocycles. The van der Waals surface area contributed by atoms with Crippen LogP contribution in [0.25, 0.3) is 0 Å². The summed E-state index contributed by atoms with van der Waals surface area (Å²) in [6.45, 7) is 3.48. The summed E-state index contributed by atoms with van der Waals surface area (Å²) in [5, 5.41) is 0.770. The van der Waals surface area contributed by atoms with Crippen LogP contribution in [-0.2, 0) is 9.59 Å². The van der Waals surface area contributed by atoms with Crippen molar-refractivity contribution in [2.45, 2.75) is 12.8 Å². The topological polar surface area (TPSA) is 40.6 Å². The van der Waals surface area contributed by atoms with E-state index < -0.39 is 0 Å². The van der Waals surface area contributed by atoms with Crippen molar-refractivity contribution in [3.05, 3.63) is 35.9 Å². The van der Waals surface area contributed by atoms with E-state index >= 15 is 0 Å². The highest BCUT2D eigenvalue weighted by atomic mass is 79.9. The Labute approximate surface area is 127 Å². The molecule has 2 amide bonds. The lowest BCUT2D eigenvalue weighted by Gasteiger charge is -2.35. The number of rotatable bonds is 5. The lowest BCUT2D eigenvalue weighted by Crippen LogP contribution is -2.54. The maximum absolute atomic E-state index is 12.1. The molecular weight excluding hydrogens is 320 g/mol. The van der Waals surface area contributed by atoms with Gasteiger partial charge in [0.1, 0.15) is 0 Å². The number of piperazine rings is 1. The zero-order chi connectivity index (χ0) is 14.5. The van der Waals surface area contributed by atoms with E-state index in [1.165, 1.54) is 5.56 Å². The van der Waals surface area contributed by atoms with E-state index in [-0.39, 0.29) is 30.8 Å². The molecule has 0 saturated carbocycles. The Kier molecular flexibility index (Phi) is 5.17. The van der Waals surface area contributed by atoms with Gasteiger partial charge in [-0.05, 0) is 12.5 Å². The second-order valence-corrected chi connectivity index (χ2v) is 5.59. The SMILES string of the molecule is CCN1CC(=O)N(CC(CBr)c2ccccc2)CC1=O. The normalized spacial score (nSPS) is 17.5. The molecule has 1 unspecified atom stereocenters. The zero-order valence-corrected chi connectivity index (χ0v) is 13.2. The quantitative estimate of drug-likeness (QED) is 0.769. The molecule has 1 aromatic rings. The van der Waals surface area contributed by atoms with Crippen molar-refractivity contribution in [3.8, 4) is 0 Å². The molecule has 1 fully saturated rings. The van der Waals surface area contributed by atoms with Crippen LogP contribution in [0.3, 0.4) is 0 Å². The first-order valence-electron chi connectivity index (χ1n) is 6.82. The Morgan fingerprint density at radius 3 is 2.30 bits per heavy atom. The summed E-state index contributed by atoms with van der Waals surface area (Å²) in [5.74, 6) is 0.281. The van der Waals surface area contributed by atoms with Crippen molar-refractivity contribution in [1.82, 2.24) is 9.80 Å². The fourth-order valence-corrected chi connectivity index (χ4v) is 2.97. The molecule has 108 valence electrons. The van der Waals surface area contributed by atoms with Crippen LogP contribution in [0.2, 0.25) is 0 Å². The number of hydrogen-bond donors (Lipinski definition) is 0. The first kappa shape index (κ1) is 15.0. The lowest BCUT2D eigenvalue weighted by molar-refractivity contribution is -0.150. The van der Waals surface area contributed by atoms with Gasteiger partial charge >= 0.3 is 0 Å². The molecule has 1 aliphatic heterocycles. The maximum Gasteiger partial charge on any atom is 0.242 e. The molecule has 0 N–H and O–H groups in total. The van der Waals surface area contributed by atoms with Gasteiger partial charge in [0.2, 0.25) is 11.8 Å². The first-order valence-corrected chi connectivity index (χ1v) is 7.94. The van der Waals surface area contributed by atoms with Crippen molar-refractivity contribution in [3.63, 3.8) is 0 Å².